The van der Waals surface area contributed by atoms with Gasteiger partial charge in [0.05, 0.1) is 19.8 Å². The summed E-state index contributed by atoms with van der Waals surface area (Å²) in [4.78, 5) is 7.20. The van der Waals surface area contributed by atoms with E-state index in [0.29, 0.717) is 12.6 Å². The van der Waals surface area contributed by atoms with Crippen LogP contribution < -0.4 is 20.1 Å². The van der Waals surface area contributed by atoms with Crippen molar-refractivity contribution in [3.8, 4) is 11.5 Å². The molecule has 8 heteroatoms. The van der Waals surface area contributed by atoms with Crippen molar-refractivity contribution < 1.29 is 14.2 Å². The number of methoxy groups -OCH3 is 1. The monoisotopic (exact) mass is 560 g/mol. The van der Waals surface area contributed by atoms with Crippen LogP contribution in [0.5, 0.6) is 11.5 Å². The highest BCUT2D eigenvalue weighted by Gasteiger charge is 2.34. The second-order valence-corrected chi connectivity index (χ2v) is 8.78. The second-order valence-electron chi connectivity index (χ2n) is 8.78. The lowest BCUT2D eigenvalue weighted by Crippen LogP contribution is -2.57. The van der Waals surface area contributed by atoms with E-state index in [1.54, 1.807) is 7.11 Å². The number of hydrogen-bond acceptors (Lipinski definition) is 5. The van der Waals surface area contributed by atoms with Gasteiger partial charge in [-0.05, 0) is 71.7 Å². The van der Waals surface area contributed by atoms with Gasteiger partial charge in [0, 0.05) is 43.5 Å². The molecule has 0 unspecified atom stereocenters. The van der Waals surface area contributed by atoms with Gasteiger partial charge in [0.2, 0.25) is 0 Å². The Kier molecular flexibility index (Phi) is 11.3. The zero-order valence-electron chi connectivity index (χ0n) is 20.1. The first kappa shape index (κ1) is 27.0. The number of benzene rings is 1. The molecule has 2 fully saturated rings. The summed E-state index contributed by atoms with van der Waals surface area (Å²) in [6, 6.07) is 6.04. The molecule has 0 spiro atoms. The highest BCUT2D eigenvalue weighted by Crippen LogP contribution is 2.30. The molecule has 32 heavy (non-hydrogen) atoms. The highest BCUT2D eigenvalue weighted by atomic mass is 127. The van der Waals surface area contributed by atoms with E-state index in [1.165, 1.54) is 12.8 Å². The third kappa shape index (κ3) is 7.38. The summed E-state index contributed by atoms with van der Waals surface area (Å²) >= 11 is 0. The van der Waals surface area contributed by atoms with Gasteiger partial charge >= 0.3 is 0 Å². The Balaban J connectivity index is 0.00000363. The Morgan fingerprint density at radius 1 is 1.19 bits per heavy atom. The van der Waals surface area contributed by atoms with Crippen molar-refractivity contribution >= 4 is 29.9 Å². The largest absolute Gasteiger partial charge is 0.497 e. The molecule has 1 aromatic rings. The number of ether oxygens (including phenoxy) is 3. The zero-order valence-corrected chi connectivity index (χ0v) is 22.4. The van der Waals surface area contributed by atoms with E-state index in [0.717, 1.165) is 75.0 Å². The Hall–Kier alpha value is -1.26. The first-order chi connectivity index (χ1) is 15.1. The summed E-state index contributed by atoms with van der Waals surface area (Å²) in [5, 5.41) is 6.96. The quantitative estimate of drug-likeness (QED) is 0.272. The van der Waals surface area contributed by atoms with Crippen molar-refractivity contribution in [1.29, 1.82) is 0 Å². The van der Waals surface area contributed by atoms with Crippen LogP contribution in [0.25, 0.3) is 0 Å². The van der Waals surface area contributed by atoms with Crippen molar-refractivity contribution in [2.75, 3.05) is 47.5 Å². The topological polar surface area (TPSA) is 67.4 Å². The lowest BCUT2D eigenvalue weighted by atomic mass is 9.88. The summed E-state index contributed by atoms with van der Waals surface area (Å²) in [6.07, 6.45) is 7.08. The standard InChI is InChI=1S/C24H40N4O3.HI/c1-5-25-23(27-18-24(28(2)3)12-14-30-15-13-24)26-17-19-10-11-21(29-4)16-22(19)31-20-8-6-7-9-20;/h10-11,16,20H,5-9,12-15,17-18H2,1-4H3,(H2,25,26,27);1H. The maximum absolute atomic E-state index is 6.33. The van der Waals surface area contributed by atoms with Gasteiger partial charge in [-0.25, -0.2) is 4.99 Å². The van der Waals surface area contributed by atoms with Crippen LogP contribution in [0.4, 0.5) is 0 Å². The van der Waals surface area contributed by atoms with E-state index < -0.39 is 0 Å². The maximum Gasteiger partial charge on any atom is 0.191 e. The zero-order chi connectivity index (χ0) is 22.1. The van der Waals surface area contributed by atoms with E-state index in [4.69, 9.17) is 19.2 Å². The predicted molar refractivity (Wildman–Crippen MR) is 141 cm³/mol. The van der Waals surface area contributed by atoms with Crippen molar-refractivity contribution in [3.05, 3.63) is 23.8 Å². The Bertz CT molecular complexity index is 717. The number of guanidine groups is 1. The normalized spacial score (nSPS) is 18.8. The van der Waals surface area contributed by atoms with Gasteiger partial charge in [0.15, 0.2) is 5.96 Å². The van der Waals surface area contributed by atoms with Gasteiger partial charge in [-0.3, -0.25) is 0 Å². The molecular formula is C24H41IN4O3. The van der Waals surface area contributed by atoms with Crippen LogP contribution in [-0.4, -0.2) is 70.0 Å². The van der Waals surface area contributed by atoms with Gasteiger partial charge in [-0.2, -0.15) is 0 Å². The first-order valence-corrected chi connectivity index (χ1v) is 11.7. The summed E-state index contributed by atoms with van der Waals surface area (Å²) in [7, 11) is 6.00. The van der Waals surface area contributed by atoms with Crippen LogP contribution in [0.1, 0.15) is 51.0 Å². The molecule has 1 saturated carbocycles. The molecule has 1 aliphatic heterocycles. The van der Waals surface area contributed by atoms with Crippen LogP contribution in [0, 0.1) is 0 Å². The number of rotatable bonds is 9. The number of aliphatic imine (C=N–C) groups is 1. The number of nitrogens with one attached hydrogen (secondary N) is 2. The molecule has 0 amide bonds. The molecule has 2 aliphatic rings. The average Bonchev–Trinajstić information content (AvgIpc) is 3.30. The minimum atomic E-state index is 0. The number of likely N-dealkylation sites (N-methyl/N-ethyl adjacent to an activating group) is 1. The second kappa shape index (κ2) is 13.4. The van der Waals surface area contributed by atoms with Crippen LogP contribution in [-0.2, 0) is 11.3 Å². The third-order valence-corrected chi connectivity index (χ3v) is 6.58. The van der Waals surface area contributed by atoms with Crippen molar-refractivity contribution in [2.45, 2.75) is 63.6 Å². The molecule has 1 heterocycles. The summed E-state index contributed by atoms with van der Waals surface area (Å²) < 4.78 is 17.4. The van der Waals surface area contributed by atoms with E-state index in [1.807, 2.05) is 12.1 Å². The number of hydrogen-bond donors (Lipinski definition) is 2. The molecule has 0 aromatic heterocycles. The van der Waals surface area contributed by atoms with Crippen LogP contribution in [0.3, 0.4) is 0 Å². The Morgan fingerprint density at radius 2 is 1.91 bits per heavy atom. The lowest BCUT2D eigenvalue weighted by molar-refractivity contribution is -0.00501. The molecule has 2 N–H and O–H groups in total. The Morgan fingerprint density at radius 3 is 2.53 bits per heavy atom. The molecule has 1 aromatic carbocycles. The van der Waals surface area contributed by atoms with Crippen molar-refractivity contribution in [2.24, 2.45) is 4.99 Å². The van der Waals surface area contributed by atoms with E-state index in [-0.39, 0.29) is 29.5 Å². The first-order valence-electron chi connectivity index (χ1n) is 11.7. The van der Waals surface area contributed by atoms with E-state index in [2.05, 4.69) is 42.6 Å². The fraction of sp³-hybridized carbons (Fsp3) is 0.708. The minimum Gasteiger partial charge on any atom is -0.497 e. The predicted octanol–water partition coefficient (Wildman–Crippen LogP) is 3.80. The molecule has 0 atom stereocenters. The summed E-state index contributed by atoms with van der Waals surface area (Å²) in [5.74, 6) is 2.54. The van der Waals surface area contributed by atoms with Crippen LogP contribution in [0.2, 0.25) is 0 Å². The average molecular weight is 561 g/mol. The van der Waals surface area contributed by atoms with Gasteiger partial charge in [0.1, 0.15) is 11.5 Å². The minimum absolute atomic E-state index is 0. The highest BCUT2D eigenvalue weighted by molar-refractivity contribution is 14.0. The molecule has 3 rings (SSSR count). The molecular weight excluding hydrogens is 519 g/mol. The maximum atomic E-state index is 6.33. The van der Waals surface area contributed by atoms with Crippen LogP contribution in [0.15, 0.2) is 23.2 Å². The van der Waals surface area contributed by atoms with Gasteiger partial charge in [0.25, 0.3) is 0 Å². The fourth-order valence-corrected chi connectivity index (χ4v) is 4.38. The number of nitrogens with zero attached hydrogens (tertiary/aromatic N) is 2. The third-order valence-electron chi connectivity index (χ3n) is 6.58. The molecule has 0 radical (unpaired) electrons. The van der Waals surface area contributed by atoms with Gasteiger partial charge in [-0.1, -0.05) is 0 Å². The van der Waals surface area contributed by atoms with E-state index in [9.17, 15) is 0 Å². The van der Waals surface area contributed by atoms with Gasteiger partial charge in [-0.15, -0.1) is 24.0 Å². The SMILES string of the molecule is CCNC(=NCc1ccc(OC)cc1OC1CCCC1)NCC1(N(C)C)CCOCC1.I. The molecule has 1 aliphatic carbocycles. The molecule has 7 nitrogen and oxygen atoms in total. The molecule has 0 bridgehead atoms. The smallest absolute Gasteiger partial charge is 0.191 e. The Labute approximate surface area is 210 Å². The van der Waals surface area contributed by atoms with Gasteiger partial charge < -0.3 is 29.7 Å². The van der Waals surface area contributed by atoms with Crippen LogP contribution >= 0.6 is 24.0 Å². The van der Waals surface area contributed by atoms with Crippen molar-refractivity contribution in [3.63, 3.8) is 0 Å². The van der Waals surface area contributed by atoms with Crippen molar-refractivity contribution in [1.82, 2.24) is 15.5 Å². The molecule has 1 saturated heterocycles. The number of halogens is 1. The summed E-state index contributed by atoms with van der Waals surface area (Å²) in [6.45, 7) is 5.92. The molecule has 182 valence electrons. The van der Waals surface area contributed by atoms with E-state index >= 15 is 0 Å². The lowest BCUT2D eigenvalue weighted by Gasteiger charge is -2.43. The summed E-state index contributed by atoms with van der Waals surface area (Å²) in [5.41, 5.74) is 1.17. The fourth-order valence-electron chi connectivity index (χ4n) is 4.38.